The van der Waals surface area contributed by atoms with Crippen LogP contribution in [0.15, 0.2) is 35.7 Å². The number of aromatic nitrogens is 6. The number of rotatable bonds is 4. The average molecular weight is 274 g/mol. The largest absolute Gasteiger partial charge is 0.307 e. The molecule has 0 saturated carbocycles. The van der Waals surface area contributed by atoms with Gasteiger partial charge in [0.15, 0.2) is 0 Å². The van der Waals surface area contributed by atoms with Crippen molar-refractivity contribution in [2.45, 2.75) is 30.8 Å². The molecule has 0 aliphatic heterocycles. The van der Waals surface area contributed by atoms with Crippen LogP contribution in [0.4, 0.5) is 0 Å². The molecule has 3 heterocycles. The van der Waals surface area contributed by atoms with Crippen LogP contribution in [-0.2, 0) is 5.75 Å². The first-order valence-corrected chi connectivity index (χ1v) is 7.06. The number of fused-ring (bicyclic) bond motifs is 1. The minimum absolute atomic E-state index is 0.263. The molecule has 6 nitrogen and oxygen atoms in total. The Hall–Kier alpha value is -1.89. The second kappa shape index (κ2) is 5.00. The molecule has 0 spiro atoms. The van der Waals surface area contributed by atoms with E-state index < -0.39 is 0 Å². The van der Waals surface area contributed by atoms with Gasteiger partial charge in [0.05, 0.1) is 11.7 Å². The fourth-order valence-corrected chi connectivity index (χ4v) is 2.69. The van der Waals surface area contributed by atoms with E-state index in [9.17, 15) is 0 Å². The lowest BCUT2D eigenvalue weighted by molar-refractivity contribution is 0.477. The third-order valence-corrected chi connectivity index (χ3v) is 3.68. The molecule has 3 aromatic rings. The molecular weight excluding hydrogens is 260 g/mol. The lowest BCUT2D eigenvalue weighted by Gasteiger charge is -2.05. The molecule has 3 aromatic heterocycles. The Morgan fingerprint density at radius 3 is 3.00 bits per heavy atom. The number of pyridine rings is 1. The molecule has 0 saturated heterocycles. The molecule has 19 heavy (non-hydrogen) atoms. The number of hydrogen-bond donors (Lipinski definition) is 0. The number of thioether (sulfide) groups is 1. The highest BCUT2D eigenvalue weighted by Crippen LogP contribution is 2.21. The Balaban J connectivity index is 1.76. The first-order valence-electron chi connectivity index (χ1n) is 6.07. The zero-order chi connectivity index (χ0) is 13.2. The summed E-state index contributed by atoms with van der Waals surface area (Å²) in [6.45, 7) is 4.12. The normalized spacial score (nSPS) is 11.5. The number of nitrogens with zero attached hydrogens (tertiary/aromatic N) is 6. The lowest BCUT2D eigenvalue weighted by atomic mass is 10.4. The molecule has 0 atom stereocenters. The van der Waals surface area contributed by atoms with Gasteiger partial charge in [-0.1, -0.05) is 17.8 Å². The Labute approximate surface area is 114 Å². The fraction of sp³-hybridized carbons (Fsp3) is 0.333. The Kier molecular flexibility index (Phi) is 3.20. The van der Waals surface area contributed by atoms with Gasteiger partial charge in [-0.3, -0.25) is 0 Å². The topological polar surface area (TPSA) is 60.9 Å². The van der Waals surface area contributed by atoms with E-state index in [1.165, 1.54) is 0 Å². The Morgan fingerprint density at radius 2 is 2.21 bits per heavy atom. The third kappa shape index (κ3) is 2.46. The van der Waals surface area contributed by atoms with Crippen molar-refractivity contribution in [3.8, 4) is 0 Å². The van der Waals surface area contributed by atoms with Gasteiger partial charge >= 0.3 is 0 Å². The molecule has 0 radical (unpaired) electrons. The van der Waals surface area contributed by atoms with Crippen molar-refractivity contribution in [3.63, 3.8) is 0 Å². The third-order valence-electron chi connectivity index (χ3n) is 2.71. The van der Waals surface area contributed by atoms with Crippen LogP contribution in [0.5, 0.6) is 0 Å². The van der Waals surface area contributed by atoms with E-state index in [1.54, 1.807) is 11.8 Å². The summed E-state index contributed by atoms with van der Waals surface area (Å²) in [6, 6.07) is 6.23. The van der Waals surface area contributed by atoms with Crippen LogP contribution in [0.2, 0.25) is 0 Å². The number of tetrazole rings is 1. The van der Waals surface area contributed by atoms with Gasteiger partial charge in [-0.25, -0.2) is 9.67 Å². The smallest absolute Gasteiger partial charge is 0.209 e. The van der Waals surface area contributed by atoms with Gasteiger partial charge in [-0.05, 0) is 36.4 Å². The maximum Gasteiger partial charge on any atom is 0.209 e. The summed E-state index contributed by atoms with van der Waals surface area (Å²) in [5, 5.41) is 12.6. The van der Waals surface area contributed by atoms with Crippen LogP contribution in [0, 0.1) is 0 Å². The zero-order valence-corrected chi connectivity index (χ0v) is 11.6. The molecular formula is C12H14N6S. The van der Waals surface area contributed by atoms with Crippen LogP contribution in [0.1, 0.15) is 25.6 Å². The average Bonchev–Trinajstić information content (AvgIpc) is 3.02. The molecule has 98 valence electrons. The van der Waals surface area contributed by atoms with Crippen molar-refractivity contribution < 1.29 is 0 Å². The summed E-state index contributed by atoms with van der Waals surface area (Å²) in [5.74, 6) is 0.759. The molecule has 0 bridgehead atoms. The van der Waals surface area contributed by atoms with Crippen LogP contribution in [0.25, 0.3) is 5.65 Å². The van der Waals surface area contributed by atoms with Crippen molar-refractivity contribution in [1.29, 1.82) is 0 Å². The van der Waals surface area contributed by atoms with Gasteiger partial charge in [0.2, 0.25) is 5.16 Å². The number of imidazole rings is 1. The molecule has 0 aromatic carbocycles. The summed E-state index contributed by atoms with van der Waals surface area (Å²) in [7, 11) is 0. The van der Waals surface area contributed by atoms with Gasteiger partial charge in [-0.15, -0.1) is 5.10 Å². The van der Waals surface area contributed by atoms with Gasteiger partial charge in [0, 0.05) is 18.1 Å². The summed E-state index contributed by atoms with van der Waals surface area (Å²) >= 11 is 1.60. The van der Waals surface area contributed by atoms with Crippen molar-refractivity contribution in [1.82, 2.24) is 29.6 Å². The van der Waals surface area contributed by atoms with Crippen LogP contribution >= 0.6 is 11.8 Å². The van der Waals surface area contributed by atoms with Crippen LogP contribution in [0.3, 0.4) is 0 Å². The Bertz CT molecular complexity index is 653. The maximum absolute atomic E-state index is 4.55. The summed E-state index contributed by atoms with van der Waals surface area (Å²) < 4.78 is 3.84. The molecule has 0 aliphatic carbocycles. The first kappa shape index (κ1) is 12.2. The van der Waals surface area contributed by atoms with Crippen LogP contribution in [-0.4, -0.2) is 29.6 Å². The van der Waals surface area contributed by atoms with Gasteiger partial charge in [0.1, 0.15) is 5.65 Å². The summed E-state index contributed by atoms with van der Waals surface area (Å²) in [6.07, 6.45) is 4.03. The van der Waals surface area contributed by atoms with Crippen molar-refractivity contribution in [3.05, 3.63) is 36.3 Å². The Morgan fingerprint density at radius 1 is 1.32 bits per heavy atom. The molecule has 7 heteroatoms. The van der Waals surface area contributed by atoms with Gasteiger partial charge in [-0.2, -0.15) is 0 Å². The monoisotopic (exact) mass is 274 g/mol. The van der Waals surface area contributed by atoms with E-state index in [4.69, 9.17) is 0 Å². The highest BCUT2D eigenvalue weighted by Gasteiger charge is 2.10. The van der Waals surface area contributed by atoms with Crippen molar-refractivity contribution in [2.75, 3.05) is 0 Å². The minimum Gasteiger partial charge on any atom is -0.307 e. The van der Waals surface area contributed by atoms with E-state index in [0.29, 0.717) is 0 Å². The highest BCUT2D eigenvalue weighted by molar-refractivity contribution is 7.98. The SMILES string of the molecule is CC(C)n1nnnc1SCc1cn2ccccc2n1. The molecule has 3 rings (SSSR count). The van der Waals surface area contributed by atoms with Crippen LogP contribution < -0.4 is 0 Å². The molecule has 0 amide bonds. The van der Waals surface area contributed by atoms with Gasteiger partial charge < -0.3 is 4.40 Å². The second-order valence-corrected chi connectivity index (χ2v) is 5.43. The predicted molar refractivity (Wildman–Crippen MR) is 73.0 cm³/mol. The lowest BCUT2D eigenvalue weighted by Crippen LogP contribution is -2.04. The van der Waals surface area contributed by atoms with E-state index in [0.717, 1.165) is 22.3 Å². The van der Waals surface area contributed by atoms with E-state index >= 15 is 0 Å². The molecule has 0 unspecified atom stereocenters. The summed E-state index contributed by atoms with van der Waals surface area (Å²) in [4.78, 5) is 4.55. The standard InChI is InChI=1S/C12H14N6S/c1-9(2)18-12(14-15-16-18)19-8-10-7-17-6-4-3-5-11(17)13-10/h3-7,9H,8H2,1-2H3. The van der Waals surface area contributed by atoms with E-state index in [-0.39, 0.29) is 6.04 Å². The second-order valence-electron chi connectivity index (χ2n) is 4.49. The van der Waals surface area contributed by atoms with Crippen molar-refractivity contribution >= 4 is 17.4 Å². The highest BCUT2D eigenvalue weighted by atomic mass is 32.2. The zero-order valence-electron chi connectivity index (χ0n) is 10.8. The first-order chi connectivity index (χ1) is 9.24. The van der Waals surface area contributed by atoms with E-state index in [2.05, 4.69) is 34.4 Å². The fourth-order valence-electron chi connectivity index (χ4n) is 1.80. The predicted octanol–water partition coefficient (Wildman–Crippen LogP) is 2.19. The molecule has 0 N–H and O–H groups in total. The van der Waals surface area contributed by atoms with Gasteiger partial charge in [0.25, 0.3) is 0 Å². The quantitative estimate of drug-likeness (QED) is 0.682. The number of hydrogen-bond acceptors (Lipinski definition) is 5. The van der Waals surface area contributed by atoms with E-state index in [1.807, 2.05) is 39.7 Å². The van der Waals surface area contributed by atoms with Crippen molar-refractivity contribution in [2.24, 2.45) is 0 Å². The minimum atomic E-state index is 0.263. The summed E-state index contributed by atoms with van der Waals surface area (Å²) in [5.41, 5.74) is 1.98. The maximum atomic E-state index is 4.55. The molecule has 0 fully saturated rings. The molecule has 0 aliphatic rings.